The highest BCUT2D eigenvalue weighted by atomic mass is 35.5. The molecule has 0 aliphatic heterocycles. The van der Waals surface area contributed by atoms with Crippen LogP contribution in [0.1, 0.15) is 18.9 Å². The van der Waals surface area contributed by atoms with Crippen molar-refractivity contribution < 1.29 is 18.3 Å². The molecule has 1 unspecified atom stereocenters. The first kappa shape index (κ1) is 21.9. The fraction of sp³-hybridized carbons (Fsp3) is 0.316. The van der Waals surface area contributed by atoms with Crippen LogP contribution in [0.2, 0.25) is 0 Å². The summed E-state index contributed by atoms with van der Waals surface area (Å²) in [6.07, 6.45) is -0.164. The van der Waals surface area contributed by atoms with Crippen molar-refractivity contribution in [1.29, 1.82) is 0 Å². The third-order valence-electron chi connectivity index (χ3n) is 3.71. The molecule has 0 aromatic heterocycles. The summed E-state index contributed by atoms with van der Waals surface area (Å²) in [5.74, 6) is -2.10. The summed E-state index contributed by atoms with van der Waals surface area (Å²) in [5.41, 5.74) is 6.55. The number of carbonyl (C=O) groups is 1. The minimum atomic E-state index is -1.01. The van der Waals surface area contributed by atoms with Gasteiger partial charge in [0.15, 0.2) is 17.7 Å². The maximum atomic E-state index is 13.3. The van der Waals surface area contributed by atoms with Crippen molar-refractivity contribution in [3.63, 3.8) is 0 Å². The lowest BCUT2D eigenvalue weighted by Crippen LogP contribution is -2.41. The Morgan fingerprint density at radius 3 is 2.46 bits per heavy atom. The molecule has 0 radical (unpaired) electrons. The van der Waals surface area contributed by atoms with Gasteiger partial charge in [-0.2, -0.15) is 0 Å². The number of hydrogen-bond donors (Lipinski definition) is 1. The van der Waals surface area contributed by atoms with Gasteiger partial charge in [0.05, 0.1) is 0 Å². The standard InChI is InChI=1S/C19H22F2N2O2.ClH/c1-14(25-16-8-9-17(20)18(21)12-16)19(24)23(11-5-10-22)13-15-6-3-2-4-7-15;/h2-4,6-9,12,14H,5,10-11,13,22H2,1H3;1H. The summed E-state index contributed by atoms with van der Waals surface area (Å²) in [5, 5.41) is 0. The molecule has 142 valence electrons. The highest BCUT2D eigenvalue weighted by molar-refractivity contribution is 5.85. The zero-order chi connectivity index (χ0) is 18.2. The second kappa shape index (κ2) is 10.7. The Bertz CT molecular complexity index is 701. The lowest BCUT2D eigenvalue weighted by atomic mass is 10.2. The molecule has 0 heterocycles. The van der Waals surface area contributed by atoms with E-state index in [1.807, 2.05) is 30.3 Å². The number of amides is 1. The molecule has 0 saturated heterocycles. The van der Waals surface area contributed by atoms with Gasteiger partial charge in [-0.3, -0.25) is 4.79 Å². The van der Waals surface area contributed by atoms with Crippen molar-refractivity contribution in [2.24, 2.45) is 5.73 Å². The SMILES string of the molecule is CC(Oc1ccc(F)c(F)c1)C(=O)N(CCCN)Cc1ccccc1.Cl. The predicted octanol–water partition coefficient (Wildman–Crippen LogP) is 3.53. The number of halogens is 3. The minimum Gasteiger partial charge on any atom is -0.481 e. The Hall–Kier alpha value is -2.18. The topological polar surface area (TPSA) is 55.6 Å². The molecule has 2 aromatic carbocycles. The number of benzene rings is 2. The molecule has 1 amide bonds. The number of nitrogens with zero attached hydrogens (tertiary/aromatic N) is 1. The van der Waals surface area contributed by atoms with E-state index in [9.17, 15) is 13.6 Å². The molecule has 0 saturated carbocycles. The van der Waals surface area contributed by atoms with Crippen LogP contribution in [0.3, 0.4) is 0 Å². The molecule has 2 aromatic rings. The Morgan fingerprint density at radius 1 is 1.15 bits per heavy atom. The molecule has 1 atom stereocenters. The number of hydrogen-bond acceptors (Lipinski definition) is 3. The van der Waals surface area contributed by atoms with Crippen LogP contribution >= 0.6 is 12.4 Å². The van der Waals surface area contributed by atoms with Crippen LogP contribution in [0.25, 0.3) is 0 Å². The molecule has 0 bridgehead atoms. The smallest absolute Gasteiger partial charge is 0.263 e. The Kier molecular flexibility index (Phi) is 9.02. The van der Waals surface area contributed by atoms with Crippen LogP contribution in [0.15, 0.2) is 48.5 Å². The Morgan fingerprint density at radius 2 is 1.85 bits per heavy atom. The zero-order valence-corrected chi connectivity index (χ0v) is 15.3. The van der Waals surface area contributed by atoms with Gasteiger partial charge in [-0.15, -0.1) is 12.4 Å². The zero-order valence-electron chi connectivity index (χ0n) is 14.5. The van der Waals surface area contributed by atoms with Crippen molar-refractivity contribution in [3.05, 3.63) is 65.7 Å². The summed E-state index contributed by atoms with van der Waals surface area (Å²) >= 11 is 0. The van der Waals surface area contributed by atoms with E-state index in [4.69, 9.17) is 10.5 Å². The fourth-order valence-corrected chi connectivity index (χ4v) is 2.41. The normalized spacial score (nSPS) is 11.4. The minimum absolute atomic E-state index is 0. The van der Waals surface area contributed by atoms with E-state index in [2.05, 4.69) is 0 Å². The third-order valence-corrected chi connectivity index (χ3v) is 3.71. The molecule has 4 nitrogen and oxygen atoms in total. The van der Waals surface area contributed by atoms with E-state index in [1.165, 1.54) is 6.07 Å². The average molecular weight is 385 g/mol. The first-order chi connectivity index (χ1) is 12.0. The molecule has 0 aliphatic carbocycles. The van der Waals surface area contributed by atoms with Crippen LogP contribution in [-0.4, -0.2) is 30.0 Å². The van der Waals surface area contributed by atoms with Crippen molar-refractivity contribution in [3.8, 4) is 5.75 Å². The number of ether oxygens (including phenoxy) is 1. The quantitative estimate of drug-likeness (QED) is 0.757. The second-order valence-corrected chi connectivity index (χ2v) is 5.72. The summed E-state index contributed by atoms with van der Waals surface area (Å²) < 4.78 is 31.7. The summed E-state index contributed by atoms with van der Waals surface area (Å²) in [6.45, 7) is 2.99. The van der Waals surface area contributed by atoms with Gasteiger partial charge in [0, 0.05) is 19.2 Å². The fourth-order valence-electron chi connectivity index (χ4n) is 2.41. The molecule has 2 N–H and O–H groups in total. The first-order valence-corrected chi connectivity index (χ1v) is 8.15. The van der Waals surface area contributed by atoms with Crippen LogP contribution in [0.5, 0.6) is 5.75 Å². The molecule has 26 heavy (non-hydrogen) atoms. The average Bonchev–Trinajstić information content (AvgIpc) is 2.62. The van der Waals surface area contributed by atoms with Crippen molar-refractivity contribution in [1.82, 2.24) is 4.90 Å². The van der Waals surface area contributed by atoms with Gasteiger partial charge >= 0.3 is 0 Å². The van der Waals surface area contributed by atoms with Gasteiger partial charge in [-0.05, 0) is 37.6 Å². The first-order valence-electron chi connectivity index (χ1n) is 8.15. The monoisotopic (exact) mass is 384 g/mol. The predicted molar refractivity (Wildman–Crippen MR) is 99.2 cm³/mol. The lowest BCUT2D eigenvalue weighted by molar-refractivity contribution is -0.138. The van der Waals surface area contributed by atoms with Gasteiger partial charge in [-0.1, -0.05) is 30.3 Å². The van der Waals surface area contributed by atoms with Crippen LogP contribution in [-0.2, 0) is 11.3 Å². The summed E-state index contributed by atoms with van der Waals surface area (Å²) in [7, 11) is 0. The highest BCUT2D eigenvalue weighted by Crippen LogP contribution is 2.18. The molecule has 2 rings (SSSR count). The van der Waals surface area contributed by atoms with Crippen LogP contribution in [0.4, 0.5) is 8.78 Å². The van der Waals surface area contributed by atoms with E-state index in [1.54, 1.807) is 11.8 Å². The number of rotatable bonds is 8. The van der Waals surface area contributed by atoms with E-state index in [0.29, 0.717) is 26.1 Å². The molecular weight excluding hydrogens is 362 g/mol. The summed E-state index contributed by atoms with van der Waals surface area (Å²) in [4.78, 5) is 14.4. The largest absolute Gasteiger partial charge is 0.481 e. The van der Waals surface area contributed by atoms with Gasteiger partial charge < -0.3 is 15.4 Å². The molecule has 0 fully saturated rings. The van der Waals surface area contributed by atoms with Gasteiger partial charge in [0.2, 0.25) is 0 Å². The van der Waals surface area contributed by atoms with Crippen LogP contribution < -0.4 is 10.5 Å². The van der Waals surface area contributed by atoms with Crippen molar-refractivity contribution >= 4 is 18.3 Å². The van der Waals surface area contributed by atoms with E-state index >= 15 is 0 Å². The Labute approximate surface area is 158 Å². The maximum Gasteiger partial charge on any atom is 0.263 e. The van der Waals surface area contributed by atoms with Gasteiger partial charge in [0.25, 0.3) is 5.91 Å². The second-order valence-electron chi connectivity index (χ2n) is 5.72. The third kappa shape index (κ3) is 6.28. The molecule has 0 aliphatic rings. The summed E-state index contributed by atoms with van der Waals surface area (Å²) in [6, 6.07) is 12.8. The van der Waals surface area contributed by atoms with Crippen molar-refractivity contribution in [2.75, 3.05) is 13.1 Å². The number of carbonyl (C=O) groups excluding carboxylic acids is 1. The molecular formula is C19H23ClF2N2O2. The molecule has 7 heteroatoms. The number of nitrogens with two attached hydrogens (primary N) is 1. The van der Waals surface area contributed by atoms with E-state index in [0.717, 1.165) is 17.7 Å². The lowest BCUT2D eigenvalue weighted by Gasteiger charge is -2.26. The van der Waals surface area contributed by atoms with Gasteiger partial charge in [-0.25, -0.2) is 8.78 Å². The Balaban J connectivity index is 0.00000338. The van der Waals surface area contributed by atoms with Gasteiger partial charge in [0.1, 0.15) is 5.75 Å². The highest BCUT2D eigenvalue weighted by Gasteiger charge is 2.22. The van der Waals surface area contributed by atoms with E-state index in [-0.39, 0.29) is 24.1 Å². The molecule has 0 spiro atoms. The van der Waals surface area contributed by atoms with Crippen molar-refractivity contribution in [2.45, 2.75) is 26.0 Å². The van der Waals surface area contributed by atoms with E-state index < -0.39 is 17.7 Å². The maximum absolute atomic E-state index is 13.3. The van der Waals surface area contributed by atoms with Crippen LogP contribution in [0, 0.1) is 11.6 Å².